The minimum atomic E-state index is -0.0590. The van der Waals surface area contributed by atoms with Crippen LogP contribution in [0.15, 0.2) is 24.3 Å². The Bertz CT molecular complexity index is 454. The SMILES string of the molecule is O=C(NCCC1CCC1)[C@@H]1Cc2ccccc2CN1. The number of amides is 1. The summed E-state index contributed by atoms with van der Waals surface area (Å²) in [6, 6.07) is 8.31. The second-order valence-corrected chi connectivity index (χ2v) is 5.78. The van der Waals surface area contributed by atoms with Crippen molar-refractivity contribution in [2.75, 3.05) is 6.54 Å². The number of carbonyl (C=O) groups is 1. The minimum absolute atomic E-state index is 0.0590. The first-order valence-corrected chi connectivity index (χ1v) is 7.41. The predicted octanol–water partition coefficient (Wildman–Crippen LogP) is 2.01. The molecule has 0 bridgehead atoms. The van der Waals surface area contributed by atoms with Gasteiger partial charge in [-0.15, -0.1) is 0 Å². The molecule has 1 aromatic carbocycles. The molecule has 1 saturated carbocycles. The molecular formula is C16H22N2O. The van der Waals surface area contributed by atoms with Gasteiger partial charge in [-0.25, -0.2) is 0 Å². The van der Waals surface area contributed by atoms with Gasteiger partial charge in [0.15, 0.2) is 0 Å². The van der Waals surface area contributed by atoms with Gasteiger partial charge in [0.05, 0.1) is 6.04 Å². The molecule has 0 unspecified atom stereocenters. The van der Waals surface area contributed by atoms with Crippen LogP contribution in [0.25, 0.3) is 0 Å². The van der Waals surface area contributed by atoms with E-state index >= 15 is 0 Å². The number of fused-ring (bicyclic) bond motifs is 1. The average molecular weight is 258 g/mol. The smallest absolute Gasteiger partial charge is 0.237 e. The molecule has 1 amide bonds. The monoisotopic (exact) mass is 258 g/mol. The molecule has 0 aromatic heterocycles. The van der Waals surface area contributed by atoms with Gasteiger partial charge in [-0.05, 0) is 29.9 Å². The Kier molecular flexibility index (Phi) is 3.83. The van der Waals surface area contributed by atoms with E-state index in [1.54, 1.807) is 0 Å². The second kappa shape index (κ2) is 5.74. The summed E-state index contributed by atoms with van der Waals surface area (Å²) in [5.41, 5.74) is 2.63. The Hall–Kier alpha value is -1.35. The van der Waals surface area contributed by atoms with E-state index in [1.165, 1.54) is 30.4 Å². The average Bonchev–Trinajstić information content (AvgIpc) is 2.40. The highest BCUT2D eigenvalue weighted by atomic mass is 16.2. The van der Waals surface area contributed by atoms with Crippen LogP contribution in [0.1, 0.15) is 36.8 Å². The Balaban J connectivity index is 1.48. The van der Waals surface area contributed by atoms with Crippen LogP contribution >= 0.6 is 0 Å². The lowest BCUT2D eigenvalue weighted by molar-refractivity contribution is -0.123. The van der Waals surface area contributed by atoms with Gasteiger partial charge in [0.25, 0.3) is 0 Å². The molecule has 1 aromatic rings. The van der Waals surface area contributed by atoms with E-state index in [4.69, 9.17) is 0 Å². The van der Waals surface area contributed by atoms with Gasteiger partial charge in [-0.2, -0.15) is 0 Å². The first kappa shape index (κ1) is 12.7. The zero-order valence-electron chi connectivity index (χ0n) is 11.3. The van der Waals surface area contributed by atoms with E-state index in [-0.39, 0.29) is 11.9 Å². The third kappa shape index (κ3) is 2.98. The van der Waals surface area contributed by atoms with E-state index in [0.29, 0.717) is 0 Å². The minimum Gasteiger partial charge on any atom is -0.355 e. The fraction of sp³-hybridized carbons (Fsp3) is 0.562. The standard InChI is InChI=1S/C16H22N2O/c19-16(17-9-8-12-4-3-5-12)15-10-13-6-1-2-7-14(13)11-18-15/h1-2,6-7,12,15,18H,3-5,8-11H2,(H,17,19)/t15-/m0/s1. The lowest BCUT2D eigenvalue weighted by Gasteiger charge is -2.27. The van der Waals surface area contributed by atoms with Gasteiger partial charge in [0.2, 0.25) is 5.91 Å². The van der Waals surface area contributed by atoms with E-state index in [9.17, 15) is 4.79 Å². The zero-order valence-corrected chi connectivity index (χ0v) is 11.3. The van der Waals surface area contributed by atoms with E-state index in [2.05, 4.69) is 34.9 Å². The second-order valence-electron chi connectivity index (χ2n) is 5.78. The van der Waals surface area contributed by atoms with Crippen LogP contribution in [-0.4, -0.2) is 18.5 Å². The third-order valence-electron chi connectivity index (χ3n) is 4.47. The molecule has 1 atom stereocenters. The molecule has 0 spiro atoms. The maximum Gasteiger partial charge on any atom is 0.237 e. The van der Waals surface area contributed by atoms with E-state index in [0.717, 1.165) is 31.8 Å². The molecule has 3 rings (SSSR count). The maximum absolute atomic E-state index is 12.1. The molecule has 0 radical (unpaired) electrons. The van der Waals surface area contributed by atoms with Gasteiger partial charge in [-0.3, -0.25) is 4.79 Å². The Labute approximate surface area is 114 Å². The first-order valence-electron chi connectivity index (χ1n) is 7.41. The molecule has 3 heteroatoms. The molecule has 0 saturated heterocycles. The molecule has 2 aliphatic rings. The first-order chi connectivity index (χ1) is 9.33. The third-order valence-corrected chi connectivity index (χ3v) is 4.47. The highest BCUT2D eigenvalue weighted by molar-refractivity contribution is 5.82. The lowest BCUT2D eigenvalue weighted by Crippen LogP contribution is -2.48. The van der Waals surface area contributed by atoms with Crippen molar-refractivity contribution < 1.29 is 4.79 Å². The molecule has 2 N–H and O–H groups in total. The summed E-state index contributed by atoms with van der Waals surface area (Å²) in [5.74, 6) is 1.02. The van der Waals surface area contributed by atoms with Gasteiger partial charge in [0.1, 0.15) is 0 Å². The van der Waals surface area contributed by atoms with Gasteiger partial charge in [0, 0.05) is 13.1 Å². The highest BCUT2D eigenvalue weighted by Crippen LogP contribution is 2.28. The molecule has 1 heterocycles. The molecular weight excluding hydrogens is 236 g/mol. The fourth-order valence-electron chi connectivity index (χ4n) is 2.94. The van der Waals surface area contributed by atoms with Crippen molar-refractivity contribution in [3.8, 4) is 0 Å². The Morgan fingerprint density at radius 3 is 2.79 bits per heavy atom. The summed E-state index contributed by atoms with van der Waals surface area (Å²) in [5, 5.41) is 6.41. The van der Waals surface area contributed by atoms with Crippen LogP contribution in [0.2, 0.25) is 0 Å². The lowest BCUT2D eigenvalue weighted by atomic mass is 9.83. The quantitative estimate of drug-likeness (QED) is 0.867. The van der Waals surface area contributed by atoms with E-state index < -0.39 is 0 Å². The number of hydrogen-bond acceptors (Lipinski definition) is 2. The topological polar surface area (TPSA) is 41.1 Å². The van der Waals surface area contributed by atoms with Crippen LogP contribution in [0.3, 0.4) is 0 Å². The van der Waals surface area contributed by atoms with Crippen molar-refractivity contribution in [1.82, 2.24) is 10.6 Å². The Morgan fingerprint density at radius 1 is 1.26 bits per heavy atom. The zero-order chi connectivity index (χ0) is 13.1. The van der Waals surface area contributed by atoms with Gasteiger partial charge < -0.3 is 10.6 Å². The largest absolute Gasteiger partial charge is 0.355 e. The van der Waals surface area contributed by atoms with Crippen LogP contribution in [0.5, 0.6) is 0 Å². The molecule has 102 valence electrons. The number of nitrogens with one attached hydrogen (secondary N) is 2. The van der Waals surface area contributed by atoms with Gasteiger partial charge >= 0.3 is 0 Å². The number of hydrogen-bond donors (Lipinski definition) is 2. The summed E-state index contributed by atoms with van der Waals surface area (Å²) < 4.78 is 0. The Morgan fingerprint density at radius 2 is 2.05 bits per heavy atom. The number of benzene rings is 1. The van der Waals surface area contributed by atoms with Crippen LogP contribution in [0.4, 0.5) is 0 Å². The van der Waals surface area contributed by atoms with Crippen molar-refractivity contribution >= 4 is 5.91 Å². The summed E-state index contributed by atoms with van der Waals surface area (Å²) in [6.07, 6.45) is 6.04. The van der Waals surface area contributed by atoms with Crippen molar-refractivity contribution in [1.29, 1.82) is 0 Å². The number of rotatable bonds is 4. The molecule has 19 heavy (non-hydrogen) atoms. The summed E-state index contributed by atoms with van der Waals surface area (Å²) in [7, 11) is 0. The molecule has 1 aliphatic heterocycles. The van der Waals surface area contributed by atoms with Crippen molar-refractivity contribution in [2.45, 2.75) is 44.7 Å². The molecule has 1 fully saturated rings. The summed E-state index contributed by atoms with van der Waals surface area (Å²) in [4.78, 5) is 12.1. The summed E-state index contributed by atoms with van der Waals surface area (Å²) >= 11 is 0. The highest BCUT2D eigenvalue weighted by Gasteiger charge is 2.24. The van der Waals surface area contributed by atoms with Gasteiger partial charge in [-0.1, -0.05) is 43.5 Å². The van der Waals surface area contributed by atoms with Crippen molar-refractivity contribution in [2.24, 2.45) is 5.92 Å². The van der Waals surface area contributed by atoms with Crippen LogP contribution < -0.4 is 10.6 Å². The van der Waals surface area contributed by atoms with Crippen molar-refractivity contribution in [3.63, 3.8) is 0 Å². The maximum atomic E-state index is 12.1. The van der Waals surface area contributed by atoms with Crippen molar-refractivity contribution in [3.05, 3.63) is 35.4 Å². The van der Waals surface area contributed by atoms with Crippen LogP contribution in [-0.2, 0) is 17.8 Å². The molecule has 3 nitrogen and oxygen atoms in total. The fourth-order valence-corrected chi connectivity index (χ4v) is 2.94. The van der Waals surface area contributed by atoms with Crippen LogP contribution in [0, 0.1) is 5.92 Å². The predicted molar refractivity (Wildman–Crippen MR) is 75.7 cm³/mol. The number of carbonyl (C=O) groups excluding carboxylic acids is 1. The molecule has 1 aliphatic carbocycles. The van der Waals surface area contributed by atoms with E-state index in [1.807, 2.05) is 0 Å². The normalized spacial score (nSPS) is 22.4. The summed E-state index contributed by atoms with van der Waals surface area (Å²) in [6.45, 7) is 1.64.